The van der Waals surface area contributed by atoms with Gasteiger partial charge in [-0.3, -0.25) is 9.59 Å². The topological polar surface area (TPSA) is 67.4 Å². The van der Waals surface area contributed by atoms with E-state index in [-0.39, 0.29) is 17.7 Å². The quantitative estimate of drug-likeness (QED) is 0.713. The summed E-state index contributed by atoms with van der Waals surface area (Å²) >= 11 is 3.42. The minimum absolute atomic E-state index is 0.0482. The predicted octanol–water partition coefficient (Wildman–Crippen LogP) is 4.76. The lowest BCUT2D eigenvalue weighted by molar-refractivity contribution is -0.117. The summed E-state index contributed by atoms with van der Waals surface area (Å²) in [7, 11) is 0. The molecular formula is C20H21BrN2O3. The Morgan fingerprint density at radius 1 is 1.15 bits per heavy atom. The molecule has 1 saturated carbocycles. The summed E-state index contributed by atoms with van der Waals surface area (Å²) < 4.78 is 6.19. The number of benzene rings is 2. The Balaban J connectivity index is 1.72. The Labute approximate surface area is 161 Å². The van der Waals surface area contributed by atoms with Gasteiger partial charge < -0.3 is 15.4 Å². The minimum atomic E-state index is -0.225. The summed E-state index contributed by atoms with van der Waals surface area (Å²) in [5, 5.41) is 5.81. The fourth-order valence-electron chi connectivity index (χ4n) is 2.53. The molecule has 2 N–H and O–H groups in total. The van der Waals surface area contributed by atoms with E-state index in [2.05, 4.69) is 26.6 Å². The summed E-state index contributed by atoms with van der Waals surface area (Å²) in [5.74, 6) is 0.655. The Morgan fingerprint density at radius 3 is 2.58 bits per heavy atom. The third-order valence-electron chi connectivity index (χ3n) is 4.20. The van der Waals surface area contributed by atoms with Crippen molar-refractivity contribution in [2.45, 2.75) is 26.7 Å². The molecule has 136 valence electrons. The molecular weight excluding hydrogens is 396 g/mol. The Morgan fingerprint density at radius 2 is 1.92 bits per heavy atom. The molecule has 2 aromatic carbocycles. The molecule has 0 bridgehead atoms. The van der Waals surface area contributed by atoms with Gasteiger partial charge in [-0.1, -0.05) is 6.07 Å². The van der Waals surface area contributed by atoms with E-state index in [0.29, 0.717) is 23.6 Å². The van der Waals surface area contributed by atoms with Gasteiger partial charge >= 0.3 is 0 Å². The number of amides is 2. The van der Waals surface area contributed by atoms with Crippen molar-refractivity contribution in [1.82, 2.24) is 0 Å². The number of halogens is 1. The molecule has 6 heteroatoms. The van der Waals surface area contributed by atoms with Gasteiger partial charge in [0.1, 0.15) is 5.75 Å². The van der Waals surface area contributed by atoms with Crippen molar-refractivity contribution in [3.8, 4) is 5.75 Å². The highest BCUT2D eigenvalue weighted by Crippen LogP contribution is 2.31. The van der Waals surface area contributed by atoms with E-state index >= 15 is 0 Å². The first-order valence-electron chi connectivity index (χ1n) is 8.63. The van der Waals surface area contributed by atoms with Crippen LogP contribution in [0.25, 0.3) is 0 Å². The van der Waals surface area contributed by atoms with Crippen LogP contribution in [0.1, 0.15) is 35.7 Å². The van der Waals surface area contributed by atoms with Gasteiger partial charge in [0.05, 0.1) is 11.1 Å². The maximum atomic E-state index is 12.5. The molecule has 1 fully saturated rings. The Hall–Kier alpha value is -2.34. The number of rotatable bonds is 6. The lowest BCUT2D eigenvalue weighted by Crippen LogP contribution is -2.15. The van der Waals surface area contributed by atoms with Crippen molar-refractivity contribution in [3.05, 3.63) is 52.0 Å². The van der Waals surface area contributed by atoms with Crippen molar-refractivity contribution < 1.29 is 14.3 Å². The standard InChI is InChI=1S/C20H21BrN2O3/c1-3-26-18-9-7-14(10-16(18)21)20(25)22-15-8-4-12(2)17(11-15)23-19(24)13-5-6-13/h4,7-11,13H,3,5-6H2,1-2H3,(H,22,25)(H,23,24). The van der Waals surface area contributed by atoms with Gasteiger partial charge in [0.15, 0.2) is 0 Å². The number of carbonyl (C=O) groups is 2. The second kappa shape index (κ2) is 7.91. The molecule has 1 aliphatic carbocycles. The van der Waals surface area contributed by atoms with Crippen LogP contribution in [0.2, 0.25) is 0 Å². The molecule has 0 heterocycles. The maximum absolute atomic E-state index is 12.5. The lowest BCUT2D eigenvalue weighted by atomic mass is 10.1. The number of carbonyl (C=O) groups excluding carboxylic acids is 2. The molecule has 0 radical (unpaired) electrons. The Bertz CT molecular complexity index is 847. The van der Waals surface area contributed by atoms with Crippen LogP contribution < -0.4 is 15.4 Å². The molecule has 0 aromatic heterocycles. The molecule has 1 aliphatic rings. The monoisotopic (exact) mass is 416 g/mol. The molecule has 5 nitrogen and oxygen atoms in total. The van der Waals surface area contributed by atoms with Gasteiger partial charge in [-0.15, -0.1) is 0 Å². The van der Waals surface area contributed by atoms with E-state index in [1.807, 2.05) is 26.0 Å². The third kappa shape index (κ3) is 4.43. The Kier molecular flexibility index (Phi) is 5.61. The lowest BCUT2D eigenvalue weighted by Gasteiger charge is -2.12. The molecule has 0 atom stereocenters. The normalized spacial score (nSPS) is 13.2. The number of anilines is 2. The third-order valence-corrected chi connectivity index (χ3v) is 4.82. The maximum Gasteiger partial charge on any atom is 0.255 e. The molecule has 0 aliphatic heterocycles. The van der Waals surface area contributed by atoms with Crippen LogP contribution in [0.15, 0.2) is 40.9 Å². The first-order valence-corrected chi connectivity index (χ1v) is 9.42. The predicted molar refractivity (Wildman–Crippen MR) is 106 cm³/mol. The summed E-state index contributed by atoms with van der Waals surface area (Å²) in [5.41, 5.74) is 2.84. The largest absolute Gasteiger partial charge is 0.493 e. The minimum Gasteiger partial charge on any atom is -0.493 e. The molecule has 0 saturated heterocycles. The summed E-state index contributed by atoms with van der Waals surface area (Å²) in [4.78, 5) is 24.5. The number of hydrogen-bond acceptors (Lipinski definition) is 3. The van der Waals surface area contributed by atoms with Crippen molar-refractivity contribution >= 4 is 39.1 Å². The van der Waals surface area contributed by atoms with Gasteiger partial charge in [0, 0.05) is 22.9 Å². The second-order valence-electron chi connectivity index (χ2n) is 6.33. The zero-order chi connectivity index (χ0) is 18.7. The molecule has 0 spiro atoms. The second-order valence-corrected chi connectivity index (χ2v) is 7.18. The van der Waals surface area contributed by atoms with Crippen LogP contribution in [0, 0.1) is 12.8 Å². The molecule has 2 aromatic rings. The highest BCUT2D eigenvalue weighted by molar-refractivity contribution is 9.10. The zero-order valence-corrected chi connectivity index (χ0v) is 16.4. The van der Waals surface area contributed by atoms with Gasteiger partial charge in [-0.05, 0) is 78.5 Å². The van der Waals surface area contributed by atoms with Gasteiger partial charge in [0.25, 0.3) is 5.91 Å². The summed E-state index contributed by atoms with van der Waals surface area (Å²) in [6.45, 7) is 4.39. The number of nitrogens with one attached hydrogen (secondary N) is 2. The fraction of sp³-hybridized carbons (Fsp3) is 0.300. The summed E-state index contributed by atoms with van der Waals surface area (Å²) in [6.07, 6.45) is 1.90. The molecule has 26 heavy (non-hydrogen) atoms. The highest BCUT2D eigenvalue weighted by atomic mass is 79.9. The van der Waals surface area contributed by atoms with Gasteiger partial charge in [0.2, 0.25) is 5.91 Å². The summed E-state index contributed by atoms with van der Waals surface area (Å²) in [6, 6.07) is 10.7. The number of hydrogen-bond donors (Lipinski definition) is 2. The first kappa shape index (κ1) is 18.5. The number of aryl methyl sites for hydroxylation is 1. The van der Waals surface area contributed by atoms with Crippen LogP contribution in [0.3, 0.4) is 0 Å². The zero-order valence-electron chi connectivity index (χ0n) is 14.8. The molecule has 3 rings (SSSR count). The van der Waals surface area contributed by atoms with Crippen LogP contribution in [0.5, 0.6) is 5.75 Å². The van der Waals surface area contributed by atoms with E-state index in [4.69, 9.17) is 4.74 Å². The van der Waals surface area contributed by atoms with E-state index in [0.717, 1.165) is 28.6 Å². The average molecular weight is 417 g/mol. The van der Waals surface area contributed by atoms with E-state index in [1.165, 1.54) is 0 Å². The highest BCUT2D eigenvalue weighted by Gasteiger charge is 2.29. The SMILES string of the molecule is CCOc1ccc(C(=O)Nc2ccc(C)c(NC(=O)C3CC3)c2)cc1Br. The average Bonchev–Trinajstić information content (AvgIpc) is 3.45. The van der Waals surface area contributed by atoms with Crippen molar-refractivity contribution in [3.63, 3.8) is 0 Å². The van der Waals surface area contributed by atoms with E-state index in [1.54, 1.807) is 24.3 Å². The van der Waals surface area contributed by atoms with Crippen molar-refractivity contribution in [1.29, 1.82) is 0 Å². The van der Waals surface area contributed by atoms with E-state index < -0.39 is 0 Å². The van der Waals surface area contributed by atoms with Crippen LogP contribution >= 0.6 is 15.9 Å². The van der Waals surface area contributed by atoms with E-state index in [9.17, 15) is 9.59 Å². The van der Waals surface area contributed by atoms with Crippen LogP contribution in [-0.2, 0) is 4.79 Å². The first-order chi connectivity index (χ1) is 12.5. The van der Waals surface area contributed by atoms with Gasteiger partial charge in [-0.25, -0.2) is 0 Å². The molecule has 0 unspecified atom stereocenters. The number of ether oxygens (including phenoxy) is 1. The van der Waals surface area contributed by atoms with Crippen molar-refractivity contribution in [2.75, 3.05) is 17.2 Å². The molecule has 2 amide bonds. The smallest absolute Gasteiger partial charge is 0.255 e. The fourth-order valence-corrected chi connectivity index (χ4v) is 3.03. The van der Waals surface area contributed by atoms with Crippen LogP contribution in [0.4, 0.5) is 11.4 Å². The van der Waals surface area contributed by atoms with Crippen molar-refractivity contribution in [2.24, 2.45) is 5.92 Å². The van der Waals surface area contributed by atoms with Crippen LogP contribution in [-0.4, -0.2) is 18.4 Å². The van der Waals surface area contributed by atoms with Gasteiger partial charge in [-0.2, -0.15) is 0 Å².